The van der Waals surface area contributed by atoms with E-state index in [9.17, 15) is 0 Å². The van der Waals surface area contributed by atoms with Crippen LogP contribution < -0.4 is 0 Å². The molecule has 0 spiro atoms. The molecule has 0 fully saturated rings. The quantitative estimate of drug-likeness (QED) is 0.565. The van der Waals surface area contributed by atoms with Gasteiger partial charge in [0, 0.05) is 4.43 Å². The van der Waals surface area contributed by atoms with Crippen LogP contribution in [0, 0.1) is 5.92 Å². The van der Waals surface area contributed by atoms with Gasteiger partial charge in [0.1, 0.15) is 0 Å². The monoisotopic (exact) mass is 288 g/mol. The Morgan fingerprint density at radius 1 is 1.23 bits per heavy atom. The van der Waals surface area contributed by atoms with Crippen LogP contribution in [0.15, 0.2) is 30.3 Å². The van der Waals surface area contributed by atoms with Gasteiger partial charge in [-0.05, 0) is 24.3 Å². The van der Waals surface area contributed by atoms with Crippen molar-refractivity contribution in [2.24, 2.45) is 5.92 Å². The largest absolute Gasteiger partial charge is 0.0861 e. The van der Waals surface area contributed by atoms with Crippen molar-refractivity contribution in [1.82, 2.24) is 0 Å². The predicted octanol–water partition coefficient (Wildman–Crippen LogP) is 4.08. The molecule has 1 aromatic rings. The zero-order valence-corrected chi connectivity index (χ0v) is 10.3. The lowest BCUT2D eigenvalue weighted by Crippen LogP contribution is -2.01. The third-order valence-corrected chi connectivity index (χ3v) is 3.73. The highest BCUT2D eigenvalue weighted by atomic mass is 127. The minimum absolute atomic E-state index is 0.904. The lowest BCUT2D eigenvalue weighted by molar-refractivity contribution is 0.532. The van der Waals surface area contributed by atoms with Gasteiger partial charge in [0.2, 0.25) is 0 Å². The summed E-state index contributed by atoms with van der Waals surface area (Å²) in [5.74, 6) is 0.904. The van der Waals surface area contributed by atoms with Gasteiger partial charge in [-0.25, -0.2) is 0 Å². The van der Waals surface area contributed by atoms with Gasteiger partial charge >= 0.3 is 0 Å². The Bertz CT molecular complexity index is 214. The van der Waals surface area contributed by atoms with Crippen molar-refractivity contribution in [2.45, 2.75) is 26.2 Å². The number of aryl methyl sites for hydroxylation is 1. The Morgan fingerprint density at radius 2 is 1.92 bits per heavy atom. The molecule has 0 nitrogen and oxygen atoms in total. The van der Waals surface area contributed by atoms with E-state index < -0.39 is 0 Å². The predicted molar refractivity (Wildman–Crippen MR) is 67.4 cm³/mol. The minimum atomic E-state index is 0.904. The molecule has 0 aromatic heterocycles. The molecule has 0 radical (unpaired) electrons. The topological polar surface area (TPSA) is 0 Å². The number of hydrogen-bond donors (Lipinski definition) is 0. The number of rotatable bonds is 5. The summed E-state index contributed by atoms with van der Waals surface area (Å²) in [6.45, 7) is 2.29. The Morgan fingerprint density at radius 3 is 2.46 bits per heavy atom. The highest BCUT2D eigenvalue weighted by Crippen LogP contribution is 2.15. The maximum atomic E-state index is 2.49. The summed E-state index contributed by atoms with van der Waals surface area (Å²) in [6, 6.07) is 10.8. The summed E-state index contributed by atoms with van der Waals surface area (Å²) in [5, 5.41) is 0. The first-order valence-corrected chi connectivity index (χ1v) is 6.49. The first kappa shape index (κ1) is 11.0. The normalized spacial score (nSPS) is 12.8. The molecule has 0 saturated carbocycles. The van der Waals surface area contributed by atoms with Crippen molar-refractivity contribution in [1.29, 1.82) is 0 Å². The van der Waals surface area contributed by atoms with Crippen LogP contribution in [0.2, 0.25) is 0 Å². The summed E-state index contributed by atoms with van der Waals surface area (Å²) >= 11 is 2.49. The van der Waals surface area contributed by atoms with Crippen LogP contribution in [0.1, 0.15) is 25.3 Å². The van der Waals surface area contributed by atoms with Crippen molar-refractivity contribution in [3.63, 3.8) is 0 Å². The zero-order chi connectivity index (χ0) is 9.52. The molecule has 1 heteroatoms. The summed E-state index contributed by atoms with van der Waals surface area (Å²) in [5.41, 5.74) is 1.48. The molecule has 0 N–H and O–H groups in total. The Kier molecular flexibility index (Phi) is 5.44. The van der Waals surface area contributed by atoms with E-state index in [1.807, 2.05) is 0 Å². The highest BCUT2D eigenvalue weighted by Gasteiger charge is 2.03. The van der Waals surface area contributed by atoms with Crippen LogP contribution in [0.5, 0.6) is 0 Å². The highest BCUT2D eigenvalue weighted by molar-refractivity contribution is 14.1. The van der Waals surface area contributed by atoms with Crippen molar-refractivity contribution in [3.8, 4) is 0 Å². The van der Waals surface area contributed by atoms with E-state index in [2.05, 4.69) is 59.8 Å². The molecule has 1 rings (SSSR count). The molecule has 0 aliphatic rings. The fourth-order valence-electron chi connectivity index (χ4n) is 1.41. The van der Waals surface area contributed by atoms with Crippen molar-refractivity contribution >= 4 is 22.6 Å². The molecule has 72 valence electrons. The van der Waals surface area contributed by atoms with Crippen LogP contribution in [0.25, 0.3) is 0 Å². The molecule has 0 bridgehead atoms. The van der Waals surface area contributed by atoms with Gasteiger partial charge in [0.15, 0.2) is 0 Å². The van der Waals surface area contributed by atoms with E-state index in [1.54, 1.807) is 0 Å². The van der Waals surface area contributed by atoms with E-state index in [4.69, 9.17) is 0 Å². The molecule has 0 amide bonds. The van der Waals surface area contributed by atoms with E-state index in [0.29, 0.717) is 0 Å². The molecule has 1 unspecified atom stereocenters. The minimum Gasteiger partial charge on any atom is -0.0861 e. The molecule has 0 aliphatic heterocycles. The molecule has 0 aliphatic carbocycles. The third kappa shape index (κ3) is 4.12. The summed E-state index contributed by atoms with van der Waals surface area (Å²) in [4.78, 5) is 0. The number of benzene rings is 1. The Hall–Kier alpha value is -0.0500. The average Bonchev–Trinajstić information content (AvgIpc) is 2.21. The summed E-state index contributed by atoms with van der Waals surface area (Å²) in [6.07, 6.45) is 3.89. The van der Waals surface area contributed by atoms with E-state index in [-0.39, 0.29) is 0 Å². The fraction of sp³-hybridized carbons (Fsp3) is 0.500. The van der Waals surface area contributed by atoms with E-state index >= 15 is 0 Å². The molecular weight excluding hydrogens is 271 g/mol. The van der Waals surface area contributed by atoms with Crippen molar-refractivity contribution in [2.75, 3.05) is 4.43 Å². The maximum absolute atomic E-state index is 2.49. The van der Waals surface area contributed by atoms with E-state index in [1.165, 1.54) is 29.3 Å². The standard InChI is InChI=1S/C12H17I/c1-2-11(10-13)8-9-12-6-4-3-5-7-12/h3-7,11H,2,8-10H2,1H3. The van der Waals surface area contributed by atoms with Gasteiger partial charge in [-0.1, -0.05) is 66.3 Å². The maximum Gasteiger partial charge on any atom is 0.00237 e. The molecule has 0 heterocycles. The number of halogens is 1. The van der Waals surface area contributed by atoms with Crippen LogP contribution in [-0.2, 0) is 6.42 Å². The van der Waals surface area contributed by atoms with Crippen LogP contribution >= 0.6 is 22.6 Å². The van der Waals surface area contributed by atoms with Crippen molar-refractivity contribution in [3.05, 3.63) is 35.9 Å². The van der Waals surface area contributed by atoms with Gasteiger partial charge in [-0.15, -0.1) is 0 Å². The zero-order valence-electron chi connectivity index (χ0n) is 8.17. The number of hydrogen-bond acceptors (Lipinski definition) is 0. The summed E-state index contributed by atoms with van der Waals surface area (Å²) in [7, 11) is 0. The molecule has 1 atom stereocenters. The first-order valence-electron chi connectivity index (χ1n) is 4.96. The van der Waals surface area contributed by atoms with Gasteiger partial charge in [-0.2, -0.15) is 0 Å². The molecule has 13 heavy (non-hydrogen) atoms. The Labute approximate surface area is 94.9 Å². The average molecular weight is 288 g/mol. The fourth-order valence-corrected chi connectivity index (χ4v) is 2.47. The lowest BCUT2D eigenvalue weighted by Gasteiger charge is -2.10. The first-order chi connectivity index (χ1) is 6.36. The second-order valence-corrected chi connectivity index (χ2v) is 4.33. The molecular formula is C12H17I. The number of alkyl halides is 1. The lowest BCUT2D eigenvalue weighted by atomic mass is 9.99. The molecule has 0 saturated heterocycles. The Balaban J connectivity index is 2.34. The summed E-state index contributed by atoms with van der Waals surface area (Å²) < 4.78 is 1.29. The smallest absolute Gasteiger partial charge is 0.00237 e. The van der Waals surface area contributed by atoms with Gasteiger partial charge in [-0.3, -0.25) is 0 Å². The molecule has 1 aromatic carbocycles. The van der Waals surface area contributed by atoms with Gasteiger partial charge < -0.3 is 0 Å². The van der Waals surface area contributed by atoms with Crippen LogP contribution in [-0.4, -0.2) is 4.43 Å². The second-order valence-electron chi connectivity index (χ2n) is 3.45. The van der Waals surface area contributed by atoms with Crippen LogP contribution in [0.3, 0.4) is 0 Å². The van der Waals surface area contributed by atoms with Gasteiger partial charge in [0.25, 0.3) is 0 Å². The third-order valence-electron chi connectivity index (χ3n) is 2.48. The van der Waals surface area contributed by atoms with Crippen LogP contribution in [0.4, 0.5) is 0 Å². The SMILES string of the molecule is CCC(CI)CCc1ccccc1. The van der Waals surface area contributed by atoms with E-state index in [0.717, 1.165) is 5.92 Å². The van der Waals surface area contributed by atoms with Crippen molar-refractivity contribution < 1.29 is 0 Å². The second kappa shape index (κ2) is 6.41. The van der Waals surface area contributed by atoms with Gasteiger partial charge in [0.05, 0.1) is 0 Å².